The summed E-state index contributed by atoms with van der Waals surface area (Å²) in [7, 11) is 1.58. The largest absolute Gasteiger partial charge is 0.495 e. The lowest BCUT2D eigenvalue weighted by atomic mass is 10.1. The lowest BCUT2D eigenvalue weighted by Crippen LogP contribution is -2.11. The fourth-order valence-corrected chi connectivity index (χ4v) is 2.11. The number of hydrogen-bond acceptors (Lipinski definition) is 3. The first-order valence-electron chi connectivity index (χ1n) is 6.69. The van der Waals surface area contributed by atoms with Gasteiger partial charge >= 0.3 is 0 Å². The average molecular weight is 269 g/mol. The third kappa shape index (κ3) is 3.40. The van der Waals surface area contributed by atoms with E-state index in [0.717, 1.165) is 25.2 Å². The fraction of sp³-hybridized carbons (Fsp3) is 0.312. The molecule has 4 heteroatoms. The molecule has 0 amide bonds. The molecule has 0 radical (unpaired) electrons. The summed E-state index contributed by atoms with van der Waals surface area (Å²) in [6.07, 6.45) is 4.18. The van der Waals surface area contributed by atoms with Crippen LogP contribution in [0.25, 0.3) is 0 Å². The topological polar surface area (TPSA) is 50.0 Å². The maximum atomic E-state index is 9.10. The highest BCUT2D eigenvalue weighted by Gasteiger charge is 2.04. The molecule has 1 aromatic carbocycles. The van der Waals surface area contributed by atoms with Gasteiger partial charge in [-0.15, -0.1) is 0 Å². The maximum Gasteiger partial charge on any atom is 0.136 e. The number of aromatic nitrogens is 1. The van der Waals surface area contributed by atoms with Gasteiger partial charge in [0.2, 0.25) is 0 Å². The van der Waals surface area contributed by atoms with E-state index in [9.17, 15) is 0 Å². The summed E-state index contributed by atoms with van der Waals surface area (Å²) in [5.74, 6) is 0.622. The van der Waals surface area contributed by atoms with Crippen LogP contribution in [0.5, 0.6) is 5.75 Å². The Labute approximate surface area is 119 Å². The quantitative estimate of drug-likeness (QED) is 0.876. The molecule has 1 N–H and O–H groups in total. The van der Waals surface area contributed by atoms with Crippen LogP contribution < -0.4 is 10.1 Å². The fourth-order valence-electron chi connectivity index (χ4n) is 2.11. The van der Waals surface area contributed by atoms with Crippen molar-refractivity contribution in [3.05, 3.63) is 53.3 Å². The van der Waals surface area contributed by atoms with Crippen molar-refractivity contribution in [3.63, 3.8) is 0 Å². The zero-order valence-corrected chi connectivity index (χ0v) is 11.9. The summed E-state index contributed by atoms with van der Waals surface area (Å²) in [4.78, 5) is 0. The number of ether oxygens (including phenoxy) is 1. The summed E-state index contributed by atoms with van der Waals surface area (Å²) in [6, 6.07) is 9.98. The zero-order chi connectivity index (χ0) is 14.4. The SMILES string of the molecule is CCNCc1ccn(Cc2ccc(OC)c(C#N)c2)c1. The average Bonchev–Trinajstić information content (AvgIpc) is 2.92. The van der Waals surface area contributed by atoms with Crippen molar-refractivity contribution in [2.75, 3.05) is 13.7 Å². The molecule has 1 aromatic heterocycles. The minimum Gasteiger partial charge on any atom is -0.495 e. The molecule has 0 aliphatic rings. The van der Waals surface area contributed by atoms with Gasteiger partial charge in [0, 0.05) is 25.5 Å². The van der Waals surface area contributed by atoms with Crippen molar-refractivity contribution < 1.29 is 4.74 Å². The van der Waals surface area contributed by atoms with Crippen LogP contribution in [0.2, 0.25) is 0 Å². The highest BCUT2D eigenvalue weighted by molar-refractivity contribution is 5.45. The van der Waals surface area contributed by atoms with Gasteiger partial charge in [0.15, 0.2) is 0 Å². The number of nitrogens with one attached hydrogen (secondary N) is 1. The van der Waals surface area contributed by atoms with Crippen LogP contribution in [-0.2, 0) is 13.1 Å². The van der Waals surface area contributed by atoms with Crippen molar-refractivity contribution in [1.29, 1.82) is 5.26 Å². The van der Waals surface area contributed by atoms with Crippen LogP contribution in [-0.4, -0.2) is 18.2 Å². The van der Waals surface area contributed by atoms with Crippen molar-refractivity contribution in [2.24, 2.45) is 0 Å². The van der Waals surface area contributed by atoms with E-state index in [-0.39, 0.29) is 0 Å². The molecule has 2 aromatic rings. The molecule has 0 bridgehead atoms. The number of benzene rings is 1. The molecule has 2 rings (SSSR count). The Morgan fingerprint density at radius 2 is 2.15 bits per heavy atom. The van der Waals surface area contributed by atoms with Gasteiger partial charge in [-0.1, -0.05) is 13.0 Å². The van der Waals surface area contributed by atoms with E-state index in [4.69, 9.17) is 10.00 Å². The van der Waals surface area contributed by atoms with Crippen LogP contribution in [0.1, 0.15) is 23.6 Å². The Morgan fingerprint density at radius 1 is 1.30 bits per heavy atom. The molecular weight excluding hydrogens is 250 g/mol. The second-order valence-electron chi connectivity index (χ2n) is 4.62. The smallest absolute Gasteiger partial charge is 0.136 e. The Kier molecular flexibility index (Phi) is 4.80. The van der Waals surface area contributed by atoms with E-state index in [2.05, 4.69) is 41.3 Å². The second kappa shape index (κ2) is 6.78. The van der Waals surface area contributed by atoms with Crippen LogP contribution in [0, 0.1) is 11.3 Å². The summed E-state index contributed by atoms with van der Waals surface area (Å²) in [5.41, 5.74) is 2.93. The lowest BCUT2D eigenvalue weighted by molar-refractivity contribution is 0.413. The molecular formula is C16H19N3O. The van der Waals surface area contributed by atoms with Crippen molar-refractivity contribution in [3.8, 4) is 11.8 Å². The lowest BCUT2D eigenvalue weighted by Gasteiger charge is -2.07. The summed E-state index contributed by atoms with van der Waals surface area (Å²) < 4.78 is 7.27. The Hall–Kier alpha value is -2.25. The molecule has 20 heavy (non-hydrogen) atoms. The molecule has 0 atom stereocenters. The van der Waals surface area contributed by atoms with Gasteiger partial charge in [-0.25, -0.2) is 0 Å². The molecule has 4 nitrogen and oxygen atoms in total. The molecule has 0 aliphatic carbocycles. The normalized spacial score (nSPS) is 10.2. The molecule has 0 fully saturated rings. The van der Waals surface area contributed by atoms with Gasteiger partial charge < -0.3 is 14.6 Å². The van der Waals surface area contributed by atoms with Crippen molar-refractivity contribution in [2.45, 2.75) is 20.0 Å². The van der Waals surface area contributed by atoms with Crippen LogP contribution >= 0.6 is 0 Å². The molecule has 0 saturated carbocycles. The molecule has 104 valence electrons. The van der Waals surface area contributed by atoms with E-state index in [1.807, 2.05) is 18.2 Å². The van der Waals surface area contributed by atoms with E-state index in [1.54, 1.807) is 7.11 Å². The number of rotatable bonds is 6. The van der Waals surface area contributed by atoms with Gasteiger partial charge in [0.25, 0.3) is 0 Å². The van der Waals surface area contributed by atoms with Crippen LogP contribution in [0.4, 0.5) is 0 Å². The number of nitriles is 1. The van der Waals surface area contributed by atoms with Crippen LogP contribution in [0.3, 0.4) is 0 Å². The third-order valence-corrected chi connectivity index (χ3v) is 3.14. The van der Waals surface area contributed by atoms with Gasteiger partial charge in [-0.3, -0.25) is 0 Å². The van der Waals surface area contributed by atoms with E-state index >= 15 is 0 Å². The maximum absolute atomic E-state index is 9.10. The second-order valence-corrected chi connectivity index (χ2v) is 4.62. The monoisotopic (exact) mass is 269 g/mol. The number of nitrogens with zero attached hydrogens (tertiary/aromatic N) is 2. The van der Waals surface area contributed by atoms with Crippen LogP contribution in [0.15, 0.2) is 36.7 Å². The highest BCUT2D eigenvalue weighted by atomic mass is 16.5. The first kappa shape index (κ1) is 14.2. The Morgan fingerprint density at radius 3 is 2.85 bits per heavy atom. The predicted octanol–water partition coefficient (Wildman–Crippen LogP) is 2.53. The molecule has 0 spiro atoms. The first-order valence-corrected chi connectivity index (χ1v) is 6.69. The van der Waals surface area contributed by atoms with E-state index in [1.165, 1.54) is 5.56 Å². The van der Waals surface area contributed by atoms with E-state index < -0.39 is 0 Å². The molecule has 1 heterocycles. The predicted molar refractivity (Wildman–Crippen MR) is 78.6 cm³/mol. The number of hydrogen-bond donors (Lipinski definition) is 1. The summed E-state index contributed by atoms with van der Waals surface area (Å²) in [6.45, 7) is 4.70. The molecule has 0 aliphatic heterocycles. The minimum atomic E-state index is 0.574. The Balaban J connectivity index is 2.10. The van der Waals surface area contributed by atoms with Gasteiger partial charge in [0.05, 0.1) is 12.7 Å². The standard InChI is InChI=1S/C16H19N3O/c1-3-18-10-14-6-7-19(12-14)11-13-4-5-16(20-2)15(8-13)9-17/h4-8,12,18H,3,10-11H2,1-2H3. The molecule has 0 unspecified atom stereocenters. The van der Waals surface area contributed by atoms with Crippen molar-refractivity contribution in [1.82, 2.24) is 9.88 Å². The summed E-state index contributed by atoms with van der Waals surface area (Å²) in [5, 5.41) is 12.4. The zero-order valence-electron chi connectivity index (χ0n) is 11.9. The van der Waals surface area contributed by atoms with Gasteiger partial charge in [-0.05, 0) is 35.9 Å². The van der Waals surface area contributed by atoms with Crippen molar-refractivity contribution >= 4 is 0 Å². The Bertz CT molecular complexity index is 610. The highest BCUT2D eigenvalue weighted by Crippen LogP contribution is 2.19. The van der Waals surface area contributed by atoms with Gasteiger partial charge in [-0.2, -0.15) is 5.26 Å². The first-order chi connectivity index (χ1) is 9.76. The molecule has 0 saturated heterocycles. The summed E-state index contributed by atoms with van der Waals surface area (Å²) >= 11 is 0. The van der Waals surface area contributed by atoms with E-state index in [0.29, 0.717) is 11.3 Å². The number of methoxy groups -OCH3 is 1. The minimum absolute atomic E-state index is 0.574. The van der Waals surface area contributed by atoms with Gasteiger partial charge in [0.1, 0.15) is 11.8 Å². The third-order valence-electron chi connectivity index (χ3n) is 3.14.